The van der Waals surface area contributed by atoms with Crippen LogP contribution in [0.3, 0.4) is 0 Å². The highest BCUT2D eigenvalue weighted by Gasteiger charge is 2.11. The van der Waals surface area contributed by atoms with Crippen molar-refractivity contribution in [2.75, 3.05) is 0 Å². The third kappa shape index (κ3) is 6.44. The van der Waals surface area contributed by atoms with Crippen LogP contribution in [0.4, 0.5) is 0 Å². The van der Waals surface area contributed by atoms with E-state index in [0.717, 1.165) is 12.8 Å². The molecule has 5 nitrogen and oxygen atoms in total. The fourth-order valence-corrected chi connectivity index (χ4v) is 2.67. The lowest BCUT2D eigenvalue weighted by Gasteiger charge is -2.14. The van der Waals surface area contributed by atoms with E-state index in [1.165, 1.54) is 37.5 Å². The van der Waals surface area contributed by atoms with Crippen LogP contribution in [0.25, 0.3) is 0 Å². The number of aldehydes is 1. The van der Waals surface area contributed by atoms with Gasteiger partial charge in [0.05, 0.1) is 17.2 Å². The van der Waals surface area contributed by atoms with Gasteiger partial charge in [0.2, 0.25) is 0 Å². The van der Waals surface area contributed by atoms with Crippen LogP contribution in [0.5, 0.6) is 17.2 Å². The van der Waals surface area contributed by atoms with Crippen molar-refractivity contribution in [3.63, 3.8) is 0 Å². The zero-order chi connectivity index (χ0) is 19.6. The molecule has 27 heavy (non-hydrogen) atoms. The molecule has 0 amide bonds. The maximum absolute atomic E-state index is 12.2. The maximum Gasteiger partial charge on any atom is 0.343 e. The van der Waals surface area contributed by atoms with Crippen molar-refractivity contribution in [2.24, 2.45) is 0 Å². The van der Waals surface area contributed by atoms with Crippen molar-refractivity contribution < 1.29 is 24.2 Å². The van der Waals surface area contributed by atoms with Crippen molar-refractivity contribution in [3.05, 3.63) is 53.6 Å². The third-order valence-electron chi connectivity index (χ3n) is 4.23. The molecule has 0 aliphatic carbocycles. The SMILES string of the molecule is CCCCCC[C@@H](C)Oc1ccc(C(=O)Oc2ccc(C=O)c(O)c2)cc1. The van der Waals surface area contributed by atoms with E-state index in [-0.39, 0.29) is 23.2 Å². The Morgan fingerprint density at radius 3 is 2.41 bits per heavy atom. The second-order valence-electron chi connectivity index (χ2n) is 6.53. The standard InChI is InChI=1S/C22H26O5/c1-3-4-5-6-7-16(2)26-19-11-8-17(9-12-19)22(25)27-20-13-10-18(15-23)21(24)14-20/h8-16,24H,3-7H2,1-2H3/t16-/m1/s1. The van der Waals surface area contributed by atoms with Gasteiger partial charge in [-0.15, -0.1) is 0 Å². The van der Waals surface area contributed by atoms with Gasteiger partial charge in [-0.3, -0.25) is 4.79 Å². The number of hydrogen-bond acceptors (Lipinski definition) is 5. The number of carbonyl (C=O) groups excluding carboxylic acids is 2. The summed E-state index contributed by atoms with van der Waals surface area (Å²) in [4.78, 5) is 22.9. The summed E-state index contributed by atoms with van der Waals surface area (Å²) in [6, 6.07) is 10.8. The van der Waals surface area contributed by atoms with Crippen molar-refractivity contribution >= 4 is 12.3 Å². The van der Waals surface area contributed by atoms with E-state index >= 15 is 0 Å². The van der Waals surface area contributed by atoms with Crippen molar-refractivity contribution in [3.8, 4) is 17.2 Å². The summed E-state index contributed by atoms with van der Waals surface area (Å²) in [5, 5.41) is 9.65. The zero-order valence-corrected chi connectivity index (χ0v) is 15.8. The molecule has 0 radical (unpaired) electrons. The number of aromatic hydroxyl groups is 1. The number of rotatable bonds is 10. The minimum Gasteiger partial charge on any atom is -0.507 e. The van der Waals surface area contributed by atoms with Gasteiger partial charge < -0.3 is 14.6 Å². The van der Waals surface area contributed by atoms with Crippen LogP contribution >= 0.6 is 0 Å². The Bertz CT molecular complexity index is 752. The Morgan fingerprint density at radius 2 is 1.78 bits per heavy atom. The van der Waals surface area contributed by atoms with E-state index in [4.69, 9.17) is 9.47 Å². The molecule has 0 aliphatic heterocycles. The van der Waals surface area contributed by atoms with Crippen LogP contribution in [0, 0.1) is 0 Å². The molecule has 0 heterocycles. The van der Waals surface area contributed by atoms with E-state index in [1.807, 2.05) is 6.92 Å². The molecule has 2 rings (SSSR count). The first-order chi connectivity index (χ1) is 13.0. The molecule has 2 aromatic carbocycles. The largest absolute Gasteiger partial charge is 0.507 e. The smallest absolute Gasteiger partial charge is 0.343 e. The van der Waals surface area contributed by atoms with E-state index in [9.17, 15) is 14.7 Å². The van der Waals surface area contributed by atoms with E-state index < -0.39 is 5.97 Å². The summed E-state index contributed by atoms with van der Waals surface area (Å²) >= 11 is 0. The first kappa shape index (κ1) is 20.5. The van der Waals surface area contributed by atoms with Gasteiger partial charge in [0, 0.05) is 6.07 Å². The number of unbranched alkanes of at least 4 members (excludes halogenated alkanes) is 3. The Hall–Kier alpha value is -2.82. The van der Waals surface area contributed by atoms with Crippen molar-refractivity contribution in [1.82, 2.24) is 0 Å². The number of phenols is 1. The number of benzene rings is 2. The minimum atomic E-state index is -0.549. The first-order valence-corrected chi connectivity index (χ1v) is 9.30. The summed E-state index contributed by atoms with van der Waals surface area (Å²) in [7, 11) is 0. The number of esters is 1. The monoisotopic (exact) mass is 370 g/mol. The average Bonchev–Trinajstić information content (AvgIpc) is 2.66. The Balaban J connectivity index is 1.89. The lowest BCUT2D eigenvalue weighted by atomic mass is 10.1. The van der Waals surface area contributed by atoms with Gasteiger partial charge in [-0.2, -0.15) is 0 Å². The third-order valence-corrected chi connectivity index (χ3v) is 4.23. The number of hydrogen-bond donors (Lipinski definition) is 1. The van der Waals surface area contributed by atoms with Gasteiger partial charge in [-0.05, 0) is 56.2 Å². The molecule has 0 fully saturated rings. The quantitative estimate of drug-likeness (QED) is 0.271. The molecule has 0 aromatic heterocycles. The summed E-state index contributed by atoms with van der Waals surface area (Å²) in [6.07, 6.45) is 6.49. The molecule has 0 bridgehead atoms. The molecule has 1 N–H and O–H groups in total. The molecule has 1 atom stereocenters. The second kappa shape index (κ2) is 10.4. The molecular weight excluding hydrogens is 344 g/mol. The Labute approximate surface area is 159 Å². The van der Waals surface area contributed by atoms with Crippen LogP contribution in [0.1, 0.15) is 66.7 Å². The van der Waals surface area contributed by atoms with Gasteiger partial charge in [0.1, 0.15) is 17.2 Å². The fourth-order valence-electron chi connectivity index (χ4n) is 2.67. The number of carbonyl (C=O) groups is 2. The number of phenolic OH excluding ortho intramolecular Hbond substituents is 1. The predicted molar refractivity (Wildman–Crippen MR) is 104 cm³/mol. The van der Waals surface area contributed by atoms with Crippen LogP contribution < -0.4 is 9.47 Å². The predicted octanol–water partition coefficient (Wildman–Crippen LogP) is 5.16. The van der Waals surface area contributed by atoms with Crippen molar-refractivity contribution in [2.45, 2.75) is 52.1 Å². The molecule has 2 aromatic rings. The maximum atomic E-state index is 12.2. The van der Waals surface area contributed by atoms with Crippen LogP contribution in [-0.4, -0.2) is 23.5 Å². The second-order valence-corrected chi connectivity index (χ2v) is 6.53. The van der Waals surface area contributed by atoms with E-state index in [2.05, 4.69) is 6.92 Å². The topological polar surface area (TPSA) is 72.8 Å². The van der Waals surface area contributed by atoms with Gasteiger partial charge in [0.25, 0.3) is 0 Å². The molecule has 0 spiro atoms. The molecule has 5 heteroatoms. The molecule has 0 unspecified atom stereocenters. The average molecular weight is 370 g/mol. The highest BCUT2D eigenvalue weighted by atomic mass is 16.5. The lowest BCUT2D eigenvalue weighted by molar-refractivity contribution is 0.0734. The minimum absolute atomic E-state index is 0.124. The van der Waals surface area contributed by atoms with E-state index in [1.54, 1.807) is 24.3 Å². The van der Waals surface area contributed by atoms with Crippen LogP contribution in [0.2, 0.25) is 0 Å². The van der Waals surface area contributed by atoms with Gasteiger partial charge in [-0.1, -0.05) is 26.2 Å². The Morgan fingerprint density at radius 1 is 1.07 bits per heavy atom. The van der Waals surface area contributed by atoms with Gasteiger partial charge >= 0.3 is 5.97 Å². The summed E-state index contributed by atoms with van der Waals surface area (Å²) in [5.41, 5.74) is 0.511. The molecule has 0 aliphatic rings. The fraction of sp³-hybridized carbons (Fsp3) is 0.364. The Kier molecular flexibility index (Phi) is 7.86. The highest BCUT2D eigenvalue weighted by molar-refractivity contribution is 5.91. The van der Waals surface area contributed by atoms with Crippen LogP contribution in [-0.2, 0) is 0 Å². The summed E-state index contributed by atoms with van der Waals surface area (Å²) < 4.78 is 11.1. The highest BCUT2D eigenvalue weighted by Crippen LogP contribution is 2.23. The zero-order valence-electron chi connectivity index (χ0n) is 15.8. The summed E-state index contributed by atoms with van der Waals surface area (Å²) in [6.45, 7) is 4.24. The van der Waals surface area contributed by atoms with Crippen molar-refractivity contribution in [1.29, 1.82) is 0 Å². The molecular formula is C22H26O5. The number of ether oxygens (including phenoxy) is 2. The summed E-state index contributed by atoms with van der Waals surface area (Å²) in [5.74, 6) is 0.103. The van der Waals surface area contributed by atoms with Gasteiger partial charge in [-0.25, -0.2) is 4.79 Å². The van der Waals surface area contributed by atoms with Crippen LogP contribution in [0.15, 0.2) is 42.5 Å². The molecule has 144 valence electrons. The lowest BCUT2D eigenvalue weighted by Crippen LogP contribution is -2.12. The van der Waals surface area contributed by atoms with Gasteiger partial charge in [0.15, 0.2) is 6.29 Å². The van der Waals surface area contributed by atoms with E-state index in [0.29, 0.717) is 17.6 Å². The molecule has 0 saturated carbocycles. The molecule has 0 saturated heterocycles. The normalized spacial score (nSPS) is 11.6. The first-order valence-electron chi connectivity index (χ1n) is 9.30.